The summed E-state index contributed by atoms with van der Waals surface area (Å²) in [5, 5.41) is 6.80. The van der Waals surface area contributed by atoms with Gasteiger partial charge >= 0.3 is 0 Å². The number of benzene rings is 3. The van der Waals surface area contributed by atoms with Gasteiger partial charge < -0.3 is 20.1 Å². The van der Waals surface area contributed by atoms with Crippen LogP contribution in [0.5, 0.6) is 11.5 Å². The van der Waals surface area contributed by atoms with Crippen LogP contribution in [0.25, 0.3) is 0 Å². The normalized spacial score (nSPS) is 9.30. The Morgan fingerprint density at radius 3 is 1.40 bits per heavy atom. The second-order valence-electron chi connectivity index (χ2n) is 6.15. The van der Waals surface area contributed by atoms with Gasteiger partial charge in [0.2, 0.25) is 0 Å². The van der Waals surface area contributed by atoms with E-state index in [-0.39, 0.29) is 22.4 Å². The molecule has 0 unspecified atom stereocenters. The molecule has 0 spiro atoms. The van der Waals surface area contributed by atoms with Gasteiger partial charge in [0.25, 0.3) is 0 Å². The van der Waals surface area contributed by atoms with Crippen LogP contribution < -0.4 is 20.1 Å². The topological polar surface area (TPSA) is 42.5 Å². The molecule has 1 radical (unpaired) electrons. The SMILES string of the molecule is CCOc1ccc(NC(=S)Nc2ccc(OCC)cc2)cc1.Cc1ccccc1.[Nb]. The van der Waals surface area contributed by atoms with Crippen molar-refractivity contribution in [3.63, 3.8) is 0 Å². The average molecular weight is 501 g/mol. The van der Waals surface area contributed by atoms with Gasteiger partial charge in [0.1, 0.15) is 11.5 Å². The molecule has 157 valence electrons. The Morgan fingerprint density at radius 1 is 0.700 bits per heavy atom. The average Bonchev–Trinajstić information content (AvgIpc) is 2.72. The van der Waals surface area contributed by atoms with Gasteiger partial charge in [0.05, 0.1) is 13.2 Å². The fraction of sp³-hybridized carbons (Fsp3) is 0.208. The Hall–Kier alpha value is -2.31. The molecule has 0 saturated carbocycles. The molecule has 3 aromatic rings. The summed E-state index contributed by atoms with van der Waals surface area (Å²) < 4.78 is 10.8. The first kappa shape index (κ1) is 25.7. The van der Waals surface area contributed by atoms with Crippen LogP contribution in [0.15, 0.2) is 78.9 Å². The number of rotatable bonds is 6. The van der Waals surface area contributed by atoms with Crippen molar-refractivity contribution in [2.45, 2.75) is 20.8 Å². The second kappa shape index (κ2) is 14.6. The molecule has 0 amide bonds. The Morgan fingerprint density at radius 2 is 1.10 bits per heavy atom. The van der Waals surface area contributed by atoms with Gasteiger partial charge in [0.15, 0.2) is 5.11 Å². The van der Waals surface area contributed by atoms with Gasteiger partial charge in [-0.25, -0.2) is 0 Å². The smallest absolute Gasteiger partial charge is 0.175 e. The van der Waals surface area contributed by atoms with Crippen molar-refractivity contribution in [2.75, 3.05) is 23.8 Å². The predicted octanol–water partition coefficient (Wildman–Crippen LogP) is 6.29. The first-order valence-electron chi connectivity index (χ1n) is 9.66. The molecule has 0 aromatic heterocycles. The van der Waals surface area contributed by atoms with Crippen LogP contribution in [0.3, 0.4) is 0 Å². The van der Waals surface area contributed by atoms with E-state index in [0.29, 0.717) is 18.3 Å². The van der Waals surface area contributed by atoms with Gasteiger partial charge in [-0.2, -0.15) is 0 Å². The number of nitrogens with one attached hydrogen (secondary N) is 2. The zero-order chi connectivity index (χ0) is 20.9. The van der Waals surface area contributed by atoms with Gasteiger partial charge in [-0.05, 0) is 81.5 Å². The molecule has 2 N–H and O–H groups in total. The molecular formula is C24H28N2NbO2S. The Balaban J connectivity index is 0.000000477. The molecule has 30 heavy (non-hydrogen) atoms. The van der Waals surface area contributed by atoms with E-state index in [2.05, 4.69) is 29.7 Å². The van der Waals surface area contributed by atoms with E-state index in [1.807, 2.05) is 80.6 Å². The molecule has 0 aliphatic carbocycles. The van der Waals surface area contributed by atoms with Gasteiger partial charge in [0, 0.05) is 33.8 Å². The van der Waals surface area contributed by atoms with E-state index in [9.17, 15) is 0 Å². The fourth-order valence-electron chi connectivity index (χ4n) is 2.43. The minimum atomic E-state index is 0. The first-order chi connectivity index (χ1) is 14.1. The van der Waals surface area contributed by atoms with Crippen molar-refractivity contribution < 1.29 is 31.9 Å². The third-order valence-corrected chi connectivity index (χ3v) is 3.99. The molecule has 0 fully saturated rings. The molecule has 4 nitrogen and oxygen atoms in total. The van der Waals surface area contributed by atoms with E-state index in [0.717, 1.165) is 22.9 Å². The summed E-state index contributed by atoms with van der Waals surface area (Å²) >= 11 is 5.30. The maximum absolute atomic E-state index is 5.40. The Bertz CT molecular complexity index is 803. The van der Waals surface area contributed by atoms with Crippen LogP contribution in [0.1, 0.15) is 19.4 Å². The van der Waals surface area contributed by atoms with Crippen molar-refractivity contribution in [2.24, 2.45) is 0 Å². The van der Waals surface area contributed by atoms with Crippen molar-refractivity contribution >= 4 is 28.7 Å². The van der Waals surface area contributed by atoms with Crippen molar-refractivity contribution in [1.82, 2.24) is 0 Å². The van der Waals surface area contributed by atoms with Crippen LogP contribution in [-0.4, -0.2) is 18.3 Å². The number of anilines is 2. The van der Waals surface area contributed by atoms with Crippen LogP contribution in [-0.2, 0) is 22.4 Å². The standard InChI is InChI=1S/C17H20N2O2S.C7H8.Nb/c1-3-20-15-9-5-13(6-10-15)18-17(22)19-14-7-11-16(12-8-14)21-4-2;1-7-5-3-2-4-6-7;/h5-12H,3-4H2,1-2H3,(H2,18,19,22);2-6H,1H3;. The molecule has 3 rings (SSSR count). The number of ether oxygens (including phenoxy) is 2. The molecule has 0 aliphatic rings. The second-order valence-corrected chi connectivity index (χ2v) is 6.56. The number of hydrogen-bond acceptors (Lipinski definition) is 3. The van der Waals surface area contributed by atoms with E-state index >= 15 is 0 Å². The molecule has 0 bridgehead atoms. The summed E-state index contributed by atoms with van der Waals surface area (Å²) in [6.45, 7) is 7.32. The maximum atomic E-state index is 5.40. The summed E-state index contributed by atoms with van der Waals surface area (Å²) in [7, 11) is 0. The Labute approximate surface area is 200 Å². The van der Waals surface area contributed by atoms with Gasteiger partial charge in [-0.1, -0.05) is 35.9 Å². The predicted molar refractivity (Wildman–Crippen MR) is 126 cm³/mol. The van der Waals surface area contributed by atoms with Crippen LogP contribution >= 0.6 is 12.2 Å². The molecule has 3 aromatic carbocycles. The molecule has 6 heteroatoms. The largest absolute Gasteiger partial charge is 0.494 e. The van der Waals surface area contributed by atoms with E-state index in [1.165, 1.54) is 5.56 Å². The molecule has 0 heterocycles. The number of aryl methyl sites for hydroxylation is 1. The molecule has 0 atom stereocenters. The monoisotopic (exact) mass is 501 g/mol. The quantitative estimate of drug-likeness (QED) is 0.307. The van der Waals surface area contributed by atoms with Crippen LogP contribution in [0.4, 0.5) is 11.4 Å². The molecule has 0 saturated heterocycles. The van der Waals surface area contributed by atoms with Crippen LogP contribution in [0.2, 0.25) is 0 Å². The third kappa shape index (κ3) is 9.94. The van der Waals surface area contributed by atoms with Crippen molar-refractivity contribution in [3.05, 3.63) is 84.4 Å². The van der Waals surface area contributed by atoms with E-state index in [1.54, 1.807) is 0 Å². The maximum Gasteiger partial charge on any atom is 0.175 e. The zero-order valence-electron chi connectivity index (χ0n) is 17.6. The van der Waals surface area contributed by atoms with Crippen LogP contribution in [0, 0.1) is 6.92 Å². The summed E-state index contributed by atoms with van der Waals surface area (Å²) in [6.07, 6.45) is 0. The first-order valence-corrected chi connectivity index (χ1v) is 10.1. The summed E-state index contributed by atoms with van der Waals surface area (Å²) in [4.78, 5) is 0. The number of hydrogen-bond donors (Lipinski definition) is 2. The molecule has 0 aliphatic heterocycles. The summed E-state index contributed by atoms with van der Waals surface area (Å²) in [5.41, 5.74) is 3.14. The minimum Gasteiger partial charge on any atom is -0.494 e. The summed E-state index contributed by atoms with van der Waals surface area (Å²) in [6, 6.07) is 25.6. The Kier molecular flexibility index (Phi) is 12.6. The van der Waals surface area contributed by atoms with Crippen molar-refractivity contribution in [1.29, 1.82) is 0 Å². The van der Waals surface area contributed by atoms with Gasteiger partial charge in [-0.3, -0.25) is 0 Å². The van der Waals surface area contributed by atoms with Crippen molar-refractivity contribution in [3.8, 4) is 11.5 Å². The third-order valence-electron chi connectivity index (χ3n) is 3.79. The zero-order valence-corrected chi connectivity index (χ0v) is 20.6. The summed E-state index contributed by atoms with van der Waals surface area (Å²) in [5.74, 6) is 1.69. The van der Waals surface area contributed by atoms with Gasteiger partial charge in [-0.15, -0.1) is 0 Å². The van der Waals surface area contributed by atoms with E-state index < -0.39 is 0 Å². The molecular weight excluding hydrogens is 473 g/mol. The van der Waals surface area contributed by atoms with E-state index in [4.69, 9.17) is 21.7 Å². The minimum absolute atomic E-state index is 0. The fourth-order valence-corrected chi connectivity index (χ4v) is 2.67. The number of thiocarbonyl (C=S) groups is 1.